The lowest BCUT2D eigenvalue weighted by Gasteiger charge is -2.31. The molecule has 1 aromatic carbocycles. The minimum Gasteiger partial charge on any atom is -0.352 e. The Morgan fingerprint density at radius 1 is 1.14 bits per heavy atom. The predicted molar refractivity (Wildman–Crippen MR) is 111 cm³/mol. The second kappa shape index (κ2) is 8.57. The van der Waals surface area contributed by atoms with Crippen LogP contribution < -0.4 is 10.9 Å². The first kappa shape index (κ1) is 19.3. The molecule has 0 spiro atoms. The molecule has 0 radical (unpaired) electrons. The van der Waals surface area contributed by atoms with Crippen LogP contribution in [0.15, 0.2) is 52.9 Å². The third-order valence-corrected chi connectivity index (χ3v) is 6.10. The van der Waals surface area contributed by atoms with E-state index >= 15 is 0 Å². The van der Waals surface area contributed by atoms with Crippen LogP contribution in [0.5, 0.6) is 0 Å². The highest BCUT2D eigenvalue weighted by Crippen LogP contribution is 2.18. The lowest BCUT2D eigenvalue weighted by atomic mass is 9.95. The second-order valence-corrected chi connectivity index (χ2v) is 8.07. The maximum absolute atomic E-state index is 12.6. The van der Waals surface area contributed by atoms with E-state index in [9.17, 15) is 14.4 Å². The number of hydrogen-bond donors (Lipinski definition) is 1. The van der Waals surface area contributed by atoms with Gasteiger partial charge in [-0.25, -0.2) is 4.98 Å². The van der Waals surface area contributed by atoms with Gasteiger partial charge < -0.3 is 10.2 Å². The summed E-state index contributed by atoms with van der Waals surface area (Å²) in [7, 11) is 0. The Kier molecular flexibility index (Phi) is 5.71. The molecule has 3 heterocycles. The van der Waals surface area contributed by atoms with E-state index in [2.05, 4.69) is 10.3 Å². The molecule has 0 aliphatic carbocycles. The molecule has 1 fully saturated rings. The van der Waals surface area contributed by atoms with Crippen LogP contribution in [0.2, 0.25) is 0 Å². The van der Waals surface area contributed by atoms with Crippen molar-refractivity contribution >= 4 is 33.4 Å². The Balaban J connectivity index is 1.29. The first-order chi connectivity index (χ1) is 14.1. The number of likely N-dealkylation sites (tertiary alicyclic amines) is 1. The molecule has 3 aromatic rings. The minimum atomic E-state index is -0.195. The van der Waals surface area contributed by atoms with Crippen molar-refractivity contribution in [3.8, 4) is 0 Å². The number of amides is 2. The summed E-state index contributed by atoms with van der Waals surface area (Å²) in [6.07, 6.45) is 2.69. The number of carbonyl (C=O) groups excluding carboxylic acids is 2. The molecule has 8 heteroatoms. The fourth-order valence-corrected chi connectivity index (χ4v) is 4.30. The van der Waals surface area contributed by atoms with Gasteiger partial charge in [0.05, 0.1) is 11.7 Å². The van der Waals surface area contributed by atoms with Gasteiger partial charge in [0, 0.05) is 25.6 Å². The number of benzene rings is 1. The number of fused-ring (bicyclic) bond motifs is 1. The Bertz CT molecular complexity index is 1070. The number of nitrogens with one attached hydrogen (secondary N) is 1. The van der Waals surface area contributed by atoms with E-state index in [-0.39, 0.29) is 29.8 Å². The Hall–Kier alpha value is -3.00. The molecule has 2 amide bonds. The molecular weight excluding hydrogens is 388 g/mol. The summed E-state index contributed by atoms with van der Waals surface area (Å²) < 4.78 is 1.36. The average Bonchev–Trinajstić information content (AvgIpc) is 3.24. The molecule has 150 valence electrons. The van der Waals surface area contributed by atoms with Crippen molar-refractivity contribution < 1.29 is 9.59 Å². The number of nitrogens with zero attached hydrogens (tertiary/aromatic N) is 3. The van der Waals surface area contributed by atoms with Crippen molar-refractivity contribution in [2.75, 3.05) is 13.1 Å². The molecule has 2 aromatic heterocycles. The monoisotopic (exact) mass is 410 g/mol. The molecule has 1 aliphatic heterocycles. The van der Waals surface area contributed by atoms with Gasteiger partial charge in [0.2, 0.25) is 11.8 Å². The highest BCUT2D eigenvalue weighted by atomic mass is 32.1. The maximum atomic E-state index is 12.6. The van der Waals surface area contributed by atoms with Crippen molar-refractivity contribution in [2.45, 2.75) is 25.9 Å². The first-order valence-electron chi connectivity index (χ1n) is 9.64. The summed E-state index contributed by atoms with van der Waals surface area (Å²) >= 11 is 1.40. The molecule has 7 nitrogen and oxygen atoms in total. The summed E-state index contributed by atoms with van der Waals surface area (Å²) in [6, 6.07) is 11.5. The molecule has 29 heavy (non-hydrogen) atoms. The van der Waals surface area contributed by atoms with E-state index in [1.807, 2.05) is 35.7 Å². The van der Waals surface area contributed by atoms with Gasteiger partial charge in [0.25, 0.3) is 5.56 Å². The van der Waals surface area contributed by atoms with Gasteiger partial charge in [0.15, 0.2) is 0 Å². The average molecular weight is 410 g/mol. The van der Waals surface area contributed by atoms with Gasteiger partial charge in [-0.3, -0.25) is 19.0 Å². The number of hydrogen-bond acceptors (Lipinski definition) is 5. The molecular formula is C21H22N4O3S. The molecule has 0 atom stereocenters. The van der Waals surface area contributed by atoms with Crippen LogP contribution in [0.25, 0.3) is 10.2 Å². The van der Waals surface area contributed by atoms with E-state index in [0.29, 0.717) is 42.7 Å². The first-order valence-corrected chi connectivity index (χ1v) is 10.5. The summed E-state index contributed by atoms with van der Waals surface area (Å²) in [5, 5.41) is 5.34. The molecule has 0 unspecified atom stereocenters. The summed E-state index contributed by atoms with van der Waals surface area (Å²) in [5.74, 6) is -0.176. The van der Waals surface area contributed by atoms with Gasteiger partial charge in [-0.2, -0.15) is 0 Å². The lowest BCUT2D eigenvalue weighted by molar-refractivity contribution is -0.136. The summed E-state index contributed by atoms with van der Waals surface area (Å²) in [6.45, 7) is 1.53. The van der Waals surface area contributed by atoms with Crippen LogP contribution in [0.3, 0.4) is 0 Å². The number of thiophene rings is 1. The zero-order valence-electron chi connectivity index (χ0n) is 15.9. The number of carbonyl (C=O) groups is 2. The molecule has 1 N–H and O–H groups in total. The molecule has 1 saturated heterocycles. The van der Waals surface area contributed by atoms with Crippen LogP contribution >= 0.6 is 11.3 Å². The highest BCUT2D eigenvalue weighted by molar-refractivity contribution is 7.16. The van der Waals surface area contributed by atoms with Crippen molar-refractivity contribution in [2.24, 2.45) is 5.92 Å². The Morgan fingerprint density at radius 3 is 2.66 bits per heavy atom. The van der Waals surface area contributed by atoms with Gasteiger partial charge in [-0.15, -0.1) is 11.3 Å². The predicted octanol–water partition coefficient (Wildman–Crippen LogP) is 2.01. The van der Waals surface area contributed by atoms with E-state index < -0.39 is 0 Å². The van der Waals surface area contributed by atoms with Crippen LogP contribution in [0.1, 0.15) is 18.4 Å². The number of piperidine rings is 1. The van der Waals surface area contributed by atoms with Crippen molar-refractivity contribution in [3.63, 3.8) is 0 Å². The zero-order valence-corrected chi connectivity index (χ0v) is 16.7. The largest absolute Gasteiger partial charge is 0.352 e. The summed E-state index contributed by atoms with van der Waals surface area (Å²) in [4.78, 5) is 44.1. The van der Waals surface area contributed by atoms with Crippen LogP contribution in [-0.4, -0.2) is 39.4 Å². The standard InChI is InChI=1S/C21H22N4O3S/c26-18(13-25-14-23-20-17(21(25)28)8-11-29-20)24-9-6-16(7-10-24)19(27)22-12-15-4-2-1-3-5-15/h1-5,8,11,14,16H,6-7,9-10,12-13H2,(H,22,27). The van der Waals surface area contributed by atoms with Crippen LogP contribution in [0, 0.1) is 5.92 Å². The van der Waals surface area contributed by atoms with E-state index in [0.717, 1.165) is 5.56 Å². The van der Waals surface area contributed by atoms with Crippen molar-refractivity contribution in [1.82, 2.24) is 19.8 Å². The van der Waals surface area contributed by atoms with E-state index in [4.69, 9.17) is 0 Å². The normalized spacial score (nSPS) is 14.8. The molecule has 1 aliphatic rings. The Labute approximate surface area is 172 Å². The fraction of sp³-hybridized carbons (Fsp3) is 0.333. The van der Waals surface area contributed by atoms with Gasteiger partial charge >= 0.3 is 0 Å². The lowest BCUT2D eigenvalue weighted by Crippen LogP contribution is -2.44. The van der Waals surface area contributed by atoms with E-state index in [1.54, 1.807) is 11.0 Å². The quantitative estimate of drug-likeness (QED) is 0.697. The third kappa shape index (κ3) is 4.37. The number of aromatic nitrogens is 2. The van der Waals surface area contributed by atoms with Crippen LogP contribution in [-0.2, 0) is 22.7 Å². The topological polar surface area (TPSA) is 84.3 Å². The van der Waals surface area contributed by atoms with E-state index in [1.165, 1.54) is 22.2 Å². The number of rotatable bonds is 5. The Morgan fingerprint density at radius 2 is 1.90 bits per heavy atom. The minimum absolute atomic E-state index is 0.0253. The summed E-state index contributed by atoms with van der Waals surface area (Å²) in [5.41, 5.74) is 0.870. The van der Waals surface area contributed by atoms with Gasteiger partial charge in [-0.05, 0) is 29.9 Å². The zero-order chi connectivity index (χ0) is 20.2. The highest BCUT2D eigenvalue weighted by Gasteiger charge is 2.27. The second-order valence-electron chi connectivity index (χ2n) is 7.18. The third-order valence-electron chi connectivity index (χ3n) is 5.28. The molecule has 4 rings (SSSR count). The maximum Gasteiger partial charge on any atom is 0.262 e. The molecule has 0 bridgehead atoms. The van der Waals surface area contributed by atoms with Gasteiger partial charge in [-0.1, -0.05) is 30.3 Å². The van der Waals surface area contributed by atoms with Crippen LogP contribution in [0.4, 0.5) is 0 Å². The smallest absolute Gasteiger partial charge is 0.262 e. The van der Waals surface area contributed by atoms with Crippen molar-refractivity contribution in [3.05, 3.63) is 64.0 Å². The fourth-order valence-electron chi connectivity index (χ4n) is 3.57. The molecule has 0 saturated carbocycles. The van der Waals surface area contributed by atoms with Crippen molar-refractivity contribution in [1.29, 1.82) is 0 Å². The SMILES string of the molecule is O=C(NCc1ccccc1)C1CCN(C(=O)Cn2cnc3sccc3c2=O)CC1. The van der Waals surface area contributed by atoms with Gasteiger partial charge in [0.1, 0.15) is 11.4 Å².